The van der Waals surface area contributed by atoms with Crippen LogP contribution in [0.5, 0.6) is 5.75 Å². The van der Waals surface area contributed by atoms with E-state index in [0.717, 1.165) is 74.5 Å². The van der Waals surface area contributed by atoms with Gasteiger partial charge in [-0.15, -0.1) is 0 Å². The molecule has 1 saturated carbocycles. The van der Waals surface area contributed by atoms with E-state index in [-0.39, 0.29) is 29.3 Å². The first kappa shape index (κ1) is 27.6. The molecule has 3 heterocycles. The Balaban J connectivity index is 1.28. The molecule has 2 aromatic rings. The Kier molecular flexibility index (Phi) is 7.25. The molecule has 1 amide bonds. The molecule has 1 unspecified atom stereocenters. The summed E-state index contributed by atoms with van der Waals surface area (Å²) >= 11 is 6.42. The summed E-state index contributed by atoms with van der Waals surface area (Å²) in [5.41, 5.74) is 3.83. The van der Waals surface area contributed by atoms with Crippen molar-refractivity contribution >= 4 is 38.8 Å². The summed E-state index contributed by atoms with van der Waals surface area (Å²) in [5.74, 6) is 5.38. The highest BCUT2D eigenvalue weighted by atomic mass is 35.5. The Bertz CT molecular complexity index is 1450. The minimum Gasteiger partial charge on any atom is -0.490 e. The molecule has 2 aliphatic carbocycles. The fourth-order valence-corrected chi connectivity index (χ4v) is 8.84. The monoisotopic (exact) mass is 598 g/mol. The second-order valence-electron chi connectivity index (χ2n) is 12.7. The molecular weight excluding hydrogens is 560 g/mol. The van der Waals surface area contributed by atoms with Gasteiger partial charge in [0.15, 0.2) is 0 Å². The SMILES string of the molecule is C=S1(=O)CCO[C@@H]2CCO[C@H](C2)[C@@H]2CC[C@H]2CN2C[C@@]3(CCCc4cc(Cl)ccc43)COc3ccc(cc32)C(=O)N1. The Morgan fingerprint density at radius 1 is 1.10 bits per heavy atom. The summed E-state index contributed by atoms with van der Waals surface area (Å²) in [6, 6.07) is 11.9. The fourth-order valence-electron chi connectivity index (χ4n) is 7.72. The average molecular weight is 599 g/mol. The number of carbonyl (C=O) groups is 1. The maximum Gasteiger partial charge on any atom is 0.262 e. The maximum absolute atomic E-state index is 13.3. The number of nitrogens with one attached hydrogen (secondary N) is 1. The van der Waals surface area contributed by atoms with Crippen LogP contribution in [0.3, 0.4) is 0 Å². The van der Waals surface area contributed by atoms with E-state index in [9.17, 15) is 9.00 Å². The Hall–Kier alpha value is -2.26. The van der Waals surface area contributed by atoms with Gasteiger partial charge < -0.3 is 19.1 Å². The average Bonchev–Trinajstić information content (AvgIpc) is 3.07. The third kappa shape index (κ3) is 5.37. The lowest BCUT2D eigenvalue weighted by atomic mass is 9.67. The van der Waals surface area contributed by atoms with Crippen LogP contribution >= 0.6 is 11.6 Å². The first-order valence-corrected chi connectivity index (χ1v) is 17.3. The van der Waals surface area contributed by atoms with Gasteiger partial charge in [-0.3, -0.25) is 9.52 Å². The van der Waals surface area contributed by atoms with E-state index in [0.29, 0.717) is 37.2 Å². The van der Waals surface area contributed by atoms with Crippen LogP contribution in [0.2, 0.25) is 5.02 Å². The topological polar surface area (TPSA) is 77.1 Å². The minimum absolute atomic E-state index is 0.0774. The summed E-state index contributed by atoms with van der Waals surface area (Å²) in [7, 11) is -2.86. The molecular formula is C32H39ClN2O5S. The van der Waals surface area contributed by atoms with Gasteiger partial charge in [0.1, 0.15) is 5.75 Å². The molecule has 2 aromatic carbocycles. The first-order valence-electron chi connectivity index (χ1n) is 15.0. The predicted molar refractivity (Wildman–Crippen MR) is 163 cm³/mol. The van der Waals surface area contributed by atoms with Gasteiger partial charge in [0.25, 0.3) is 5.91 Å². The summed E-state index contributed by atoms with van der Waals surface area (Å²) in [6.07, 6.45) is 7.38. The lowest BCUT2D eigenvalue weighted by molar-refractivity contribution is -0.115. The van der Waals surface area contributed by atoms with Gasteiger partial charge in [0.05, 0.1) is 36.9 Å². The van der Waals surface area contributed by atoms with Crippen molar-refractivity contribution in [3.8, 4) is 5.75 Å². The molecule has 1 saturated heterocycles. The van der Waals surface area contributed by atoms with Crippen molar-refractivity contribution < 1.29 is 23.2 Å². The molecule has 5 aliphatic rings. The zero-order chi connectivity index (χ0) is 28.2. The molecule has 1 N–H and O–H groups in total. The van der Waals surface area contributed by atoms with Gasteiger partial charge >= 0.3 is 0 Å². The van der Waals surface area contributed by atoms with E-state index in [1.807, 2.05) is 18.2 Å². The van der Waals surface area contributed by atoms with Crippen LogP contribution in [0.1, 0.15) is 60.0 Å². The summed E-state index contributed by atoms with van der Waals surface area (Å²) in [4.78, 5) is 15.8. The van der Waals surface area contributed by atoms with Crippen LogP contribution in [0, 0.1) is 11.8 Å². The Morgan fingerprint density at radius 3 is 2.85 bits per heavy atom. The highest BCUT2D eigenvalue weighted by Gasteiger charge is 2.45. The molecule has 220 valence electrons. The van der Waals surface area contributed by atoms with Crippen molar-refractivity contribution in [2.75, 3.05) is 43.6 Å². The number of hydrogen-bond acceptors (Lipinski definition) is 6. The zero-order valence-electron chi connectivity index (χ0n) is 23.4. The number of hydrogen-bond donors (Lipinski definition) is 1. The molecule has 9 heteroatoms. The van der Waals surface area contributed by atoms with E-state index < -0.39 is 9.71 Å². The second kappa shape index (κ2) is 10.8. The van der Waals surface area contributed by atoms with Gasteiger partial charge in [-0.2, -0.15) is 0 Å². The smallest absolute Gasteiger partial charge is 0.262 e. The normalized spacial score (nSPS) is 35.2. The Morgan fingerprint density at radius 2 is 2.00 bits per heavy atom. The third-order valence-electron chi connectivity index (χ3n) is 10.0. The van der Waals surface area contributed by atoms with Crippen LogP contribution in [-0.2, 0) is 31.0 Å². The van der Waals surface area contributed by atoms with E-state index in [1.165, 1.54) is 11.1 Å². The molecule has 6 atom stereocenters. The molecule has 0 aromatic heterocycles. The number of fused-ring (bicyclic) bond motifs is 7. The molecule has 2 fully saturated rings. The predicted octanol–water partition coefficient (Wildman–Crippen LogP) is 4.78. The lowest BCUT2D eigenvalue weighted by Crippen LogP contribution is -2.51. The number of nitrogens with zero attached hydrogens (tertiary/aromatic N) is 1. The van der Waals surface area contributed by atoms with E-state index in [1.54, 1.807) is 6.07 Å². The van der Waals surface area contributed by atoms with Crippen LogP contribution in [0.25, 0.3) is 0 Å². The van der Waals surface area contributed by atoms with Gasteiger partial charge in [0, 0.05) is 51.8 Å². The number of ether oxygens (including phenoxy) is 3. The molecule has 7 nitrogen and oxygen atoms in total. The number of benzene rings is 2. The molecule has 3 aliphatic heterocycles. The van der Waals surface area contributed by atoms with Crippen molar-refractivity contribution in [3.05, 3.63) is 58.1 Å². The van der Waals surface area contributed by atoms with E-state index in [4.69, 9.17) is 25.8 Å². The molecule has 1 spiro atoms. The maximum atomic E-state index is 13.3. The number of amides is 1. The number of aryl methyl sites for hydroxylation is 1. The summed E-state index contributed by atoms with van der Waals surface area (Å²) in [5, 5.41) is 0.772. The lowest BCUT2D eigenvalue weighted by Gasteiger charge is -2.48. The summed E-state index contributed by atoms with van der Waals surface area (Å²) in [6.45, 7) is 3.22. The molecule has 0 radical (unpaired) electrons. The third-order valence-corrected chi connectivity index (χ3v) is 11.6. The van der Waals surface area contributed by atoms with Crippen molar-refractivity contribution in [2.24, 2.45) is 11.8 Å². The quantitative estimate of drug-likeness (QED) is 0.440. The largest absolute Gasteiger partial charge is 0.490 e. The Labute approximate surface area is 248 Å². The van der Waals surface area contributed by atoms with Crippen LogP contribution < -0.4 is 14.4 Å². The first-order chi connectivity index (χ1) is 19.8. The highest BCUT2D eigenvalue weighted by molar-refractivity contribution is 7.99. The van der Waals surface area contributed by atoms with Crippen LogP contribution in [0.4, 0.5) is 5.69 Å². The number of carbonyl (C=O) groups excluding carboxylic acids is 1. The number of rotatable bonds is 0. The van der Waals surface area contributed by atoms with Crippen molar-refractivity contribution in [1.82, 2.24) is 4.72 Å². The van der Waals surface area contributed by atoms with E-state index >= 15 is 0 Å². The fraction of sp³-hybridized carbons (Fsp3) is 0.562. The standard InChI is InChI=1S/C32H39ClN2O5S/c1-41(37)14-13-38-25-10-12-39-30(17-25)26-7-4-23(26)18-35-19-32(11-2-3-21-15-24(33)6-8-27(21)32)20-40-29-9-5-22(16-28(29)35)31(36)34-41/h5-6,8-9,15-16,23,25-26,30H,1-4,7,10-14,17-20H2,(H,34,36,37)/t23-,25+,26+,30+,32-,41?/m0/s1. The summed E-state index contributed by atoms with van der Waals surface area (Å²) < 4.78 is 35.0. The number of anilines is 1. The van der Waals surface area contributed by atoms with Crippen LogP contribution in [-0.4, -0.2) is 66.9 Å². The van der Waals surface area contributed by atoms with Crippen LogP contribution in [0.15, 0.2) is 36.4 Å². The zero-order valence-corrected chi connectivity index (χ0v) is 25.0. The minimum atomic E-state index is -2.86. The van der Waals surface area contributed by atoms with E-state index in [2.05, 4.69) is 27.6 Å². The van der Waals surface area contributed by atoms with Gasteiger partial charge in [0.2, 0.25) is 0 Å². The van der Waals surface area contributed by atoms with Gasteiger partial charge in [-0.1, -0.05) is 17.7 Å². The van der Waals surface area contributed by atoms with Crippen molar-refractivity contribution in [3.63, 3.8) is 0 Å². The van der Waals surface area contributed by atoms with Gasteiger partial charge in [-0.05, 0) is 97.7 Å². The second-order valence-corrected chi connectivity index (χ2v) is 15.3. The van der Waals surface area contributed by atoms with Crippen molar-refractivity contribution in [1.29, 1.82) is 0 Å². The molecule has 7 rings (SSSR count). The van der Waals surface area contributed by atoms with Crippen molar-refractivity contribution in [2.45, 2.75) is 62.6 Å². The van der Waals surface area contributed by atoms with Gasteiger partial charge in [-0.25, -0.2) is 4.21 Å². The molecule has 4 bridgehead atoms. The highest BCUT2D eigenvalue weighted by Crippen LogP contribution is 2.47. The molecule has 41 heavy (non-hydrogen) atoms. The number of halogens is 1.